The predicted octanol–water partition coefficient (Wildman–Crippen LogP) is 4.40. The molecule has 0 aliphatic carbocycles. The van der Waals surface area contributed by atoms with Crippen LogP contribution in [-0.4, -0.2) is 6.04 Å². The van der Waals surface area contributed by atoms with Crippen LogP contribution in [-0.2, 0) is 6.54 Å². The molecule has 0 radical (unpaired) electrons. The SMILES string of the molecule is CCCCCC(C)NCc1ccc(Cl)cc1. The van der Waals surface area contributed by atoms with Gasteiger partial charge in [0.1, 0.15) is 0 Å². The molecule has 16 heavy (non-hydrogen) atoms. The summed E-state index contributed by atoms with van der Waals surface area (Å²) in [6, 6.07) is 8.64. The Morgan fingerprint density at radius 3 is 2.50 bits per heavy atom. The molecule has 1 atom stereocenters. The predicted molar refractivity (Wildman–Crippen MR) is 71.9 cm³/mol. The topological polar surface area (TPSA) is 12.0 Å². The molecule has 1 rings (SSSR count). The highest BCUT2D eigenvalue weighted by Gasteiger charge is 2.00. The van der Waals surface area contributed by atoms with E-state index in [0.29, 0.717) is 6.04 Å². The summed E-state index contributed by atoms with van der Waals surface area (Å²) in [5.41, 5.74) is 1.30. The maximum atomic E-state index is 5.84. The van der Waals surface area contributed by atoms with Crippen LogP contribution in [0.2, 0.25) is 5.02 Å². The third-order valence-corrected chi connectivity index (χ3v) is 3.06. The standard InChI is InChI=1S/C14H22ClN/c1-3-4-5-6-12(2)16-11-13-7-9-14(15)10-8-13/h7-10,12,16H,3-6,11H2,1-2H3. The Morgan fingerprint density at radius 1 is 1.19 bits per heavy atom. The highest BCUT2D eigenvalue weighted by atomic mass is 35.5. The van der Waals surface area contributed by atoms with Gasteiger partial charge in [-0.25, -0.2) is 0 Å². The molecule has 90 valence electrons. The minimum atomic E-state index is 0.599. The number of rotatable bonds is 7. The summed E-state index contributed by atoms with van der Waals surface area (Å²) in [5.74, 6) is 0. The van der Waals surface area contributed by atoms with Crippen molar-refractivity contribution in [3.63, 3.8) is 0 Å². The molecule has 0 saturated carbocycles. The first-order chi connectivity index (χ1) is 7.72. The third kappa shape index (κ3) is 5.53. The van der Waals surface area contributed by atoms with Crippen molar-refractivity contribution in [3.8, 4) is 0 Å². The number of hydrogen-bond acceptors (Lipinski definition) is 1. The van der Waals surface area contributed by atoms with Crippen molar-refractivity contribution in [3.05, 3.63) is 34.9 Å². The van der Waals surface area contributed by atoms with E-state index in [2.05, 4.69) is 31.3 Å². The quantitative estimate of drug-likeness (QED) is 0.696. The van der Waals surface area contributed by atoms with Crippen molar-refractivity contribution < 1.29 is 0 Å². The largest absolute Gasteiger partial charge is 0.310 e. The van der Waals surface area contributed by atoms with Crippen LogP contribution >= 0.6 is 11.6 Å². The van der Waals surface area contributed by atoms with E-state index >= 15 is 0 Å². The second kappa shape index (κ2) is 7.70. The lowest BCUT2D eigenvalue weighted by Crippen LogP contribution is -2.25. The second-order valence-electron chi connectivity index (χ2n) is 4.40. The maximum absolute atomic E-state index is 5.84. The Morgan fingerprint density at radius 2 is 1.88 bits per heavy atom. The summed E-state index contributed by atoms with van der Waals surface area (Å²) in [7, 11) is 0. The van der Waals surface area contributed by atoms with Crippen LogP contribution in [0, 0.1) is 0 Å². The second-order valence-corrected chi connectivity index (χ2v) is 4.84. The van der Waals surface area contributed by atoms with Crippen molar-refractivity contribution >= 4 is 11.6 Å². The van der Waals surface area contributed by atoms with E-state index < -0.39 is 0 Å². The Labute approximate surface area is 104 Å². The van der Waals surface area contributed by atoms with E-state index in [-0.39, 0.29) is 0 Å². The molecule has 1 N–H and O–H groups in total. The van der Waals surface area contributed by atoms with Gasteiger partial charge in [0.25, 0.3) is 0 Å². The first kappa shape index (κ1) is 13.5. The van der Waals surface area contributed by atoms with E-state index in [4.69, 9.17) is 11.6 Å². The van der Waals surface area contributed by atoms with Crippen LogP contribution in [0.5, 0.6) is 0 Å². The molecule has 1 unspecified atom stereocenters. The molecule has 1 aromatic carbocycles. The zero-order valence-corrected chi connectivity index (χ0v) is 11.1. The molecule has 0 aliphatic rings. The highest BCUT2D eigenvalue weighted by Crippen LogP contribution is 2.10. The number of nitrogens with one attached hydrogen (secondary N) is 1. The van der Waals surface area contributed by atoms with Crippen molar-refractivity contribution in [2.45, 2.75) is 52.1 Å². The van der Waals surface area contributed by atoms with E-state index in [1.165, 1.54) is 31.2 Å². The van der Waals surface area contributed by atoms with Gasteiger partial charge >= 0.3 is 0 Å². The zero-order chi connectivity index (χ0) is 11.8. The average Bonchev–Trinajstić information content (AvgIpc) is 2.29. The molecule has 0 heterocycles. The molecule has 0 aromatic heterocycles. The molecule has 2 heteroatoms. The van der Waals surface area contributed by atoms with E-state index in [0.717, 1.165) is 11.6 Å². The first-order valence-electron chi connectivity index (χ1n) is 6.20. The van der Waals surface area contributed by atoms with Gasteiger partial charge < -0.3 is 5.32 Å². The van der Waals surface area contributed by atoms with Crippen LogP contribution in [0.25, 0.3) is 0 Å². The van der Waals surface area contributed by atoms with Gasteiger partial charge in [0.15, 0.2) is 0 Å². The Bertz CT molecular complexity index is 281. The minimum Gasteiger partial charge on any atom is -0.310 e. The first-order valence-corrected chi connectivity index (χ1v) is 6.58. The van der Waals surface area contributed by atoms with Gasteiger partial charge in [-0.2, -0.15) is 0 Å². The fourth-order valence-electron chi connectivity index (χ4n) is 1.70. The number of benzene rings is 1. The molecule has 0 saturated heterocycles. The number of unbranched alkanes of at least 4 members (excludes halogenated alkanes) is 2. The van der Waals surface area contributed by atoms with E-state index in [9.17, 15) is 0 Å². The Balaban J connectivity index is 2.20. The van der Waals surface area contributed by atoms with Gasteiger partial charge in [-0.15, -0.1) is 0 Å². The van der Waals surface area contributed by atoms with Crippen LogP contribution < -0.4 is 5.32 Å². The lowest BCUT2D eigenvalue weighted by Gasteiger charge is -2.13. The molecular weight excluding hydrogens is 218 g/mol. The number of halogens is 1. The molecule has 1 aromatic rings. The van der Waals surface area contributed by atoms with Crippen LogP contribution in [0.4, 0.5) is 0 Å². The molecule has 0 bridgehead atoms. The Kier molecular flexibility index (Phi) is 6.51. The van der Waals surface area contributed by atoms with Gasteiger partial charge in [0.2, 0.25) is 0 Å². The van der Waals surface area contributed by atoms with Gasteiger partial charge in [-0.05, 0) is 31.0 Å². The number of hydrogen-bond donors (Lipinski definition) is 1. The summed E-state index contributed by atoms with van der Waals surface area (Å²) in [4.78, 5) is 0. The van der Waals surface area contributed by atoms with E-state index in [1.807, 2.05) is 12.1 Å². The fourth-order valence-corrected chi connectivity index (χ4v) is 1.82. The Hall–Kier alpha value is -0.530. The summed E-state index contributed by atoms with van der Waals surface area (Å²) < 4.78 is 0. The van der Waals surface area contributed by atoms with Gasteiger partial charge in [0.05, 0.1) is 0 Å². The van der Waals surface area contributed by atoms with Gasteiger partial charge in [0, 0.05) is 17.6 Å². The molecule has 0 fully saturated rings. The average molecular weight is 240 g/mol. The van der Waals surface area contributed by atoms with Crippen LogP contribution in [0.1, 0.15) is 45.1 Å². The third-order valence-electron chi connectivity index (χ3n) is 2.81. The van der Waals surface area contributed by atoms with Crippen LogP contribution in [0.15, 0.2) is 24.3 Å². The zero-order valence-electron chi connectivity index (χ0n) is 10.3. The molecule has 0 aliphatic heterocycles. The monoisotopic (exact) mass is 239 g/mol. The smallest absolute Gasteiger partial charge is 0.0406 e. The summed E-state index contributed by atoms with van der Waals surface area (Å²) in [6.07, 6.45) is 5.23. The minimum absolute atomic E-state index is 0.599. The maximum Gasteiger partial charge on any atom is 0.0406 e. The lowest BCUT2D eigenvalue weighted by atomic mass is 10.1. The summed E-state index contributed by atoms with van der Waals surface area (Å²) in [5, 5.41) is 4.34. The van der Waals surface area contributed by atoms with Gasteiger partial charge in [-0.3, -0.25) is 0 Å². The molecule has 0 amide bonds. The van der Waals surface area contributed by atoms with Crippen molar-refractivity contribution in [2.24, 2.45) is 0 Å². The lowest BCUT2D eigenvalue weighted by molar-refractivity contribution is 0.487. The van der Waals surface area contributed by atoms with Crippen molar-refractivity contribution in [1.82, 2.24) is 5.32 Å². The van der Waals surface area contributed by atoms with Crippen molar-refractivity contribution in [2.75, 3.05) is 0 Å². The normalized spacial score (nSPS) is 12.7. The fraction of sp³-hybridized carbons (Fsp3) is 0.571. The van der Waals surface area contributed by atoms with Crippen molar-refractivity contribution in [1.29, 1.82) is 0 Å². The highest BCUT2D eigenvalue weighted by molar-refractivity contribution is 6.30. The molecule has 0 spiro atoms. The van der Waals surface area contributed by atoms with E-state index in [1.54, 1.807) is 0 Å². The van der Waals surface area contributed by atoms with Crippen LogP contribution in [0.3, 0.4) is 0 Å². The van der Waals surface area contributed by atoms with Gasteiger partial charge in [-0.1, -0.05) is 49.9 Å². The summed E-state index contributed by atoms with van der Waals surface area (Å²) in [6.45, 7) is 5.43. The summed E-state index contributed by atoms with van der Waals surface area (Å²) >= 11 is 5.84. The molecular formula is C14H22ClN. The molecule has 1 nitrogen and oxygen atoms in total.